The average molecular weight is 448 g/mol. The Morgan fingerprint density at radius 2 is 2.09 bits per heavy atom. The molecule has 0 radical (unpaired) electrons. The Morgan fingerprint density at radius 1 is 1.28 bits per heavy atom. The van der Waals surface area contributed by atoms with E-state index >= 15 is 0 Å². The summed E-state index contributed by atoms with van der Waals surface area (Å²) in [7, 11) is 0. The Balaban J connectivity index is 1.36. The summed E-state index contributed by atoms with van der Waals surface area (Å²) in [6, 6.07) is 4.46. The fourth-order valence-electron chi connectivity index (χ4n) is 3.88. The van der Waals surface area contributed by atoms with Crippen molar-refractivity contribution < 1.29 is 32.2 Å². The van der Waals surface area contributed by atoms with E-state index < -0.39 is 17.8 Å². The lowest BCUT2D eigenvalue weighted by Gasteiger charge is -2.22. The molecule has 2 aromatic rings. The van der Waals surface area contributed by atoms with Crippen LogP contribution in [0.2, 0.25) is 0 Å². The third-order valence-corrected chi connectivity index (χ3v) is 5.56. The van der Waals surface area contributed by atoms with E-state index in [1.165, 1.54) is 6.07 Å². The topological polar surface area (TPSA) is 92.8 Å². The van der Waals surface area contributed by atoms with Gasteiger partial charge < -0.3 is 25.0 Å². The average Bonchev–Trinajstić information content (AvgIpc) is 3.32. The third kappa shape index (κ3) is 3.90. The molecule has 1 aliphatic carbocycles. The molecule has 8 nitrogen and oxygen atoms in total. The second kappa shape index (κ2) is 7.57. The van der Waals surface area contributed by atoms with Crippen LogP contribution in [0, 0.1) is 0 Å². The number of benzene rings is 1. The Morgan fingerprint density at radius 3 is 2.78 bits per heavy atom. The molecular formula is C21H19F3N4O4. The molecule has 3 amide bonds. The van der Waals surface area contributed by atoms with Crippen molar-refractivity contribution >= 4 is 17.6 Å². The lowest BCUT2D eigenvalue weighted by molar-refractivity contribution is -0.137. The number of ether oxygens (including phenoxy) is 2. The van der Waals surface area contributed by atoms with Crippen molar-refractivity contribution in [1.82, 2.24) is 15.2 Å². The van der Waals surface area contributed by atoms with E-state index in [4.69, 9.17) is 9.47 Å². The summed E-state index contributed by atoms with van der Waals surface area (Å²) in [6.07, 6.45) is -1.45. The lowest BCUT2D eigenvalue weighted by Crippen LogP contribution is -2.43. The Labute approximate surface area is 180 Å². The first-order valence-electron chi connectivity index (χ1n) is 10.2. The Hall–Kier alpha value is -3.50. The zero-order chi connectivity index (χ0) is 22.5. The molecule has 168 valence electrons. The molecule has 2 fully saturated rings. The maximum Gasteiger partial charge on any atom is 0.417 e. The summed E-state index contributed by atoms with van der Waals surface area (Å²) in [5.41, 5.74) is 0.298. The van der Waals surface area contributed by atoms with Gasteiger partial charge >= 0.3 is 12.2 Å². The van der Waals surface area contributed by atoms with E-state index in [0.29, 0.717) is 36.4 Å². The van der Waals surface area contributed by atoms with Gasteiger partial charge in [0.15, 0.2) is 0 Å². The summed E-state index contributed by atoms with van der Waals surface area (Å²) in [5.74, 6) is 0.454. The number of carbonyl (C=O) groups excluding carboxylic acids is 2. The van der Waals surface area contributed by atoms with Crippen LogP contribution in [0.1, 0.15) is 24.0 Å². The molecule has 1 aromatic carbocycles. The highest BCUT2D eigenvalue weighted by Crippen LogP contribution is 2.39. The van der Waals surface area contributed by atoms with Gasteiger partial charge in [0.2, 0.25) is 11.8 Å². The monoisotopic (exact) mass is 448 g/mol. The molecule has 32 heavy (non-hydrogen) atoms. The zero-order valence-electron chi connectivity index (χ0n) is 16.7. The van der Waals surface area contributed by atoms with Gasteiger partial charge in [0, 0.05) is 42.9 Å². The van der Waals surface area contributed by atoms with Crippen LogP contribution in [0.25, 0.3) is 0 Å². The number of nitrogens with one attached hydrogen (secondary N) is 2. The molecule has 0 spiro atoms. The molecule has 11 heteroatoms. The van der Waals surface area contributed by atoms with Crippen molar-refractivity contribution in [2.45, 2.75) is 37.5 Å². The lowest BCUT2D eigenvalue weighted by atomic mass is 10.1. The van der Waals surface area contributed by atoms with Crippen LogP contribution in [0.5, 0.6) is 17.4 Å². The van der Waals surface area contributed by atoms with Gasteiger partial charge in [-0.05, 0) is 25.0 Å². The van der Waals surface area contributed by atoms with Crippen LogP contribution >= 0.6 is 0 Å². The first kappa shape index (κ1) is 20.4. The molecule has 1 unspecified atom stereocenters. The van der Waals surface area contributed by atoms with E-state index in [2.05, 4.69) is 15.6 Å². The molecule has 1 saturated heterocycles. The van der Waals surface area contributed by atoms with Crippen molar-refractivity contribution in [3.05, 3.63) is 41.6 Å². The summed E-state index contributed by atoms with van der Waals surface area (Å²) in [5, 5.41) is 5.53. The SMILES string of the molecule is O=C(Nc1cc(Oc2ccc(C(F)(F)F)cn2)cc2c1OCC2)C1CNC(=O)N1C1CC1. The van der Waals surface area contributed by atoms with Crippen LogP contribution in [-0.4, -0.2) is 47.1 Å². The van der Waals surface area contributed by atoms with E-state index in [1.807, 2.05) is 0 Å². The van der Waals surface area contributed by atoms with Gasteiger partial charge in [0.1, 0.15) is 17.5 Å². The number of anilines is 1. The quantitative estimate of drug-likeness (QED) is 0.732. The van der Waals surface area contributed by atoms with Crippen molar-refractivity contribution in [2.24, 2.45) is 0 Å². The molecule has 1 atom stereocenters. The number of hydrogen-bond acceptors (Lipinski definition) is 5. The molecule has 3 aliphatic rings. The van der Waals surface area contributed by atoms with Gasteiger partial charge in [0.25, 0.3) is 0 Å². The van der Waals surface area contributed by atoms with Crippen molar-refractivity contribution in [3.63, 3.8) is 0 Å². The van der Waals surface area contributed by atoms with E-state index in [-0.39, 0.29) is 30.4 Å². The smallest absolute Gasteiger partial charge is 0.417 e. The first-order chi connectivity index (χ1) is 15.3. The Kier molecular flexibility index (Phi) is 4.83. The molecule has 1 saturated carbocycles. The highest BCUT2D eigenvalue weighted by Gasteiger charge is 2.44. The predicted molar refractivity (Wildman–Crippen MR) is 106 cm³/mol. The minimum atomic E-state index is -4.49. The molecule has 3 heterocycles. The van der Waals surface area contributed by atoms with E-state index in [0.717, 1.165) is 30.5 Å². The molecule has 5 rings (SSSR count). The molecule has 2 aliphatic heterocycles. The van der Waals surface area contributed by atoms with Gasteiger partial charge in [-0.2, -0.15) is 13.2 Å². The van der Waals surface area contributed by atoms with Gasteiger partial charge in [-0.3, -0.25) is 4.79 Å². The standard InChI is InChI=1S/C21H19F3N4O4/c22-21(23,24)12-1-4-17(25-9-12)32-14-7-11-5-6-31-18(11)15(8-14)27-19(29)16-10-26-20(30)28(16)13-2-3-13/h1,4,7-9,13,16H,2-3,5-6,10H2,(H,26,30)(H,27,29). The first-order valence-corrected chi connectivity index (χ1v) is 10.2. The summed E-state index contributed by atoms with van der Waals surface area (Å²) < 4.78 is 49.5. The minimum absolute atomic E-state index is 0.0142. The summed E-state index contributed by atoms with van der Waals surface area (Å²) in [6.45, 7) is 0.647. The number of carbonyl (C=O) groups is 2. The Bertz CT molecular complexity index is 1070. The molecule has 1 aromatic heterocycles. The van der Waals surface area contributed by atoms with Crippen LogP contribution < -0.4 is 20.1 Å². The van der Waals surface area contributed by atoms with Crippen LogP contribution in [0.3, 0.4) is 0 Å². The molecular weight excluding hydrogens is 429 g/mol. The number of nitrogens with zero attached hydrogens (tertiary/aromatic N) is 2. The highest BCUT2D eigenvalue weighted by atomic mass is 19.4. The summed E-state index contributed by atoms with van der Waals surface area (Å²) >= 11 is 0. The maximum atomic E-state index is 12.9. The maximum absolute atomic E-state index is 12.9. The predicted octanol–water partition coefficient (Wildman–Crippen LogP) is 3.32. The number of pyridine rings is 1. The fraction of sp³-hybridized carbons (Fsp3) is 0.381. The second-order valence-corrected chi connectivity index (χ2v) is 7.87. The zero-order valence-corrected chi connectivity index (χ0v) is 16.7. The number of hydrogen-bond donors (Lipinski definition) is 2. The van der Waals surface area contributed by atoms with E-state index in [1.54, 1.807) is 11.0 Å². The highest BCUT2D eigenvalue weighted by molar-refractivity contribution is 6.00. The largest absolute Gasteiger partial charge is 0.491 e. The fourth-order valence-corrected chi connectivity index (χ4v) is 3.88. The van der Waals surface area contributed by atoms with Gasteiger partial charge in [-0.25, -0.2) is 9.78 Å². The number of rotatable bonds is 5. The number of alkyl halides is 3. The molecule has 0 bridgehead atoms. The van der Waals surface area contributed by atoms with Crippen molar-refractivity contribution in [3.8, 4) is 17.4 Å². The van der Waals surface area contributed by atoms with E-state index in [9.17, 15) is 22.8 Å². The van der Waals surface area contributed by atoms with Crippen LogP contribution in [-0.2, 0) is 17.4 Å². The van der Waals surface area contributed by atoms with Gasteiger partial charge in [-0.15, -0.1) is 0 Å². The third-order valence-electron chi connectivity index (χ3n) is 5.56. The number of halogens is 3. The number of amides is 3. The second-order valence-electron chi connectivity index (χ2n) is 7.87. The number of fused-ring (bicyclic) bond motifs is 1. The summed E-state index contributed by atoms with van der Waals surface area (Å²) in [4.78, 5) is 30.3. The van der Waals surface area contributed by atoms with Crippen molar-refractivity contribution in [1.29, 1.82) is 0 Å². The van der Waals surface area contributed by atoms with Crippen molar-refractivity contribution in [2.75, 3.05) is 18.5 Å². The normalized spacial score (nSPS) is 19.9. The number of urea groups is 1. The minimum Gasteiger partial charge on any atom is -0.491 e. The van der Waals surface area contributed by atoms with Crippen LogP contribution in [0.4, 0.5) is 23.7 Å². The number of aromatic nitrogens is 1. The molecule has 2 N–H and O–H groups in total. The van der Waals surface area contributed by atoms with Gasteiger partial charge in [0.05, 0.1) is 17.9 Å². The van der Waals surface area contributed by atoms with Crippen LogP contribution in [0.15, 0.2) is 30.5 Å². The van der Waals surface area contributed by atoms with Gasteiger partial charge in [-0.1, -0.05) is 0 Å².